The monoisotopic (exact) mass is 817 g/mol. The summed E-state index contributed by atoms with van der Waals surface area (Å²) in [5, 5.41) is 2.27. The molecule has 0 bridgehead atoms. The summed E-state index contributed by atoms with van der Waals surface area (Å²) in [7, 11) is 0. The van der Waals surface area contributed by atoms with Crippen molar-refractivity contribution in [1.29, 1.82) is 0 Å². The van der Waals surface area contributed by atoms with Crippen LogP contribution in [0.1, 0.15) is 23.6 Å². The normalized spacial score (nSPS) is 14.1. The molecular formula is C62H43NO. The fourth-order valence-electron chi connectivity index (χ4n) is 10.3. The van der Waals surface area contributed by atoms with E-state index in [0.717, 1.165) is 55.7 Å². The lowest BCUT2D eigenvalue weighted by Crippen LogP contribution is -2.22. The van der Waals surface area contributed by atoms with Crippen molar-refractivity contribution in [3.63, 3.8) is 0 Å². The van der Waals surface area contributed by atoms with E-state index in [2.05, 4.69) is 242 Å². The number of rotatable bonds is 8. The molecule has 12 rings (SSSR count). The highest BCUT2D eigenvalue weighted by molar-refractivity contribution is 6.06. The molecule has 11 aromatic rings. The molecule has 0 radical (unpaired) electrons. The Morgan fingerprint density at radius 3 is 1.64 bits per heavy atom. The maximum Gasteiger partial charge on any atom is 0.136 e. The molecule has 1 unspecified atom stereocenters. The van der Waals surface area contributed by atoms with Crippen molar-refractivity contribution in [2.24, 2.45) is 0 Å². The van der Waals surface area contributed by atoms with Gasteiger partial charge in [0.15, 0.2) is 0 Å². The Bertz CT molecular complexity index is 3510. The highest BCUT2D eigenvalue weighted by atomic mass is 16.3. The van der Waals surface area contributed by atoms with Crippen molar-refractivity contribution >= 4 is 39.0 Å². The van der Waals surface area contributed by atoms with Crippen LogP contribution in [-0.4, -0.2) is 0 Å². The van der Waals surface area contributed by atoms with E-state index in [1.54, 1.807) is 0 Å². The van der Waals surface area contributed by atoms with Crippen LogP contribution in [0.4, 0.5) is 17.1 Å². The molecule has 0 saturated heterocycles. The van der Waals surface area contributed by atoms with Gasteiger partial charge < -0.3 is 9.32 Å². The van der Waals surface area contributed by atoms with Crippen molar-refractivity contribution in [2.45, 2.75) is 12.3 Å². The summed E-state index contributed by atoms with van der Waals surface area (Å²) in [5.74, 6) is 0. The smallest absolute Gasteiger partial charge is 0.136 e. The van der Waals surface area contributed by atoms with Gasteiger partial charge in [-0.2, -0.15) is 0 Å². The summed E-state index contributed by atoms with van der Waals surface area (Å²) in [6.45, 7) is 2.39. The molecule has 302 valence electrons. The maximum absolute atomic E-state index is 6.33. The lowest BCUT2D eigenvalue weighted by molar-refractivity contribution is 0.669. The number of hydrogen-bond donors (Lipinski definition) is 0. The summed E-state index contributed by atoms with van der Waals surface area (Å²) in [4.78, 5) is 2.49. The van der Waals surface area contributed by atoms with E-state index in [9.17, 15) is 0 Å². The quantitative estimate of drug-likeness (QED) is 0.152. The minimum Gasteiger partial charge on any atom is -0.456 e. The van der Waals surface area contributed by atoms with Gasteiger partial charge in [-0.15, -0.1) is 0 Å². The highest BCUT2D eigenvalue weighted by Crippen LogP contribution is 2.57. The minimum atomic E-state index is -0.346. The summed E-state index contributed by atoms with van der Waals surface area (Å²) in [6.07, 6.45) is 0. The Morgan fingerprint density at radius 2 is 0.875 bits per heavy atom. The van der Waals surface area contributed by atoms with Crippen LogP contribution in [0.25, 0.3) is 77.6 Å². The molecule has 64 heavy (non-hydrogen) atoms. The number of nitrogens with zero attached hydrogens (tertiary/aromatic N) is 1. The van der Waals surface area contributed by atoms with E-state index in [1.807, 2.05) is 12.1 Å². The van der Waals surface area contributed by atoms with Crippen LogP contribution < -0.4 is 4.90 Å². The molecule has 1 aromatic heterocycles. The van der Waals surface area contributed by atoms with Crippen molar-refractivity contribution in [3.05, 3.63) is 259 Å². The van der Waals surface area contributed by atoms with Gasteiger partial charge in [-0.05, 0) is 111 Å². The molecule has 1 atom stereocenters. The van der Waals surface area contributed by atoms with Crippen molar-refractivity contribution in [2.75, 3.05) is 4.90 Å². The second-order valence-corrected chi connectivity index (χ2v) is 16.9. The predicted molar refractivity (Wildman–Crippen MR) is 268 cm³/mol. The van der Waals surface area contributed by atoms with Gasteiger partial charge in [-0.25, -0.2) is 0 Å². The third-order valence-corrected chi connectivity index (χ3v) is 13.4. The molecule has 0 N–H and O–H groups in total. The SMILES string of the molecule is CC1(c2ccccc2)c2ccccc2-c2c(N(c3ccc(-c4ccc5c(c4)oc4ccccc45)cc3)c3ccccc3-c3ccccc3-c3ccccc3-c3ccccc3)cccc21. The molecule has 1 heterocycles. The lowest BCUT2D eigenvalue weighted by atomic mass is 9.74. The third kappa shape index (κ3) is 6.02. The van der Waals surface area contributed by atoms with Gasteiger partial charge in [0.05, 0.1) is 11.4 Å². The minimum absolute atomic E-state index is 0.346. The molecule has 0 saturated carbocycles. The number of hydrogen-bond acceptors (Lipinski definition) is 2. The summed E-state index contributed by atoms with van der Waals surface area (Å²) in [6, 6.07) is 88.1. The van der Waals surface area contributed by atoms with Crippen LogP contribution in [0.2, 0.25) is 0 Å². The zero-order valence-corrected chi connectivity index (χ0v) is 35.4. The molecule has 0 fully saturated rings. The van der Waals surface area contributed by atoms with Gasteiger partial charge in [0.2, 0.25) is 0 Å². The largest absolute Gasteiger partial charge is 0.456 e. The molecule has 2 heteroatoms. The van der Waals surface area contributed by atoms with E-state index in [1.165, 1.54) is 55.6 Å². The zero-order valence-electron chi connectivity index (χ0n) is 35.4. The highest BCUT2D eigenvalue weighted by Gasteiger charge is 2.42. The Kier molecular flexibility index (Phi) is 8.98. The molecular weight excluding hydrogens is 775 g/mol. The maximum atomic E-state index is 6.33. The van der Waals surface area contributed by atoms with Gasteiger partial charge in [0.1, 0.15) is 11.2 Å². The van der Waals surface area contributed by atoms with Crippen LogP contribution in [0.5, 0.6) is 0 Å². The second kappa shape index (κ2) is 15.3. The molecule has 1 aliphatic rings. The van der Waals surface area contributed by atoms with Crippen LogP contribution in [0, 0.1) is 0 Å². The van der Waals surface area contributed by atoms with Gasteiger partial charge in [0.25, 0.3) is 0 Å². The van der Waals surface area contributed by atoms with E-state index in [4.69, 9.17) is 4.42 Å². The first-order chi connectivity index (χ1) is 31.6. The Hall–Kier alpha value is -8.20. The van der Waals surface area contributed by atoms with Crippen LogP contribution in [-0.2, 0) is 5.41 Å². The second-order valence-electron chi connectivity index (χ2n) is 16.9. The number of furan rings is 1. The van der Waals surface area contributed by atoms with E-state index in [0.29, 0.717) is 0 Å². The lowest BCUT2D eigenvalue weighted by Gasteiger charge is -2.32. The van der Waals surface area contributed by atoms with Crippen molar-refractivity contribution in [1.82, 2.24) is 0 Å². The number of fused-ring (bicyclic) bond motifs is 6. The molecule has 1 aliphatic carbocycles. The van der Waals surface area contributed by atoms with E-state index >= 15 is 0 Å². The van der Waals surface area contributed by atoms with Crippen molar-refractivity contribution in [3.8, 4) is 55.6 Å². The summed E-state index contributed by atoms with van der Waals surface area (Å²) >= 11 is 0. The first-order valence-electron chi connectivity index (χ1n) is 22.1. The molecule has 0 spiro atoms. The van der Waals surface area contributed by atoms with Crippen LogP contribution in [0.3, 0.4) is 0 Å². The predicted octanol–water partition coefficient (Wildman–Crippen LogP) is 17.1. The zero-order chi connectivity index (χ0) is 42.6. The Balaban J connectivity index is 1.07. The average molecular weight is 818 g/mol. The summed E-state index contributed by atoms with van der Waals surface area (Å²) in [5.41, 5.74) is 20.5. The molecule has 0 aliphatic heterocycles. The van der Waals surface area contributed by atoms with Gasteiger partial charge in [-0.3, -0.25) is 0 Å². The standard InChI is InChI=1S/C62H43NO/c1-62(45-21-6-3-7-22-45)55-30-15-12-29-54(55)61-56(62)31-18-33-58(61)63(46-38-35-42(36-39-46)44-37-40-53-52-28-14-17-34-59(52)64-60(53)41-44)57-32-16-13-27-51(57)50-26-11-10-25-49(50)48-24-9-8-23-47(48)43-19-4-2-5-20-43/h2-41H,1H3. The van der Waals surface area contributed by atoms with Crippen LogP contribution in [0.15, 0.2) is 247 Å². The third-order valence-electron chi connectivity index (χ3n) is 13.4. The number of para-hydroxylation sites is 2. The van der Waals surface area contributed by atoms with Gasteiger partial charge >= 0.3 is 0 Å². The van der Waals surface area contributed by atoms with Gasteiger partial charge in [-0.1, -0.05) is 200 Å². The Morgan fingerprint density at radius 1 is 0.344 bits per heavy atom. The van der Waals surface area contributed by atoms with E-state index in [-0.39, 0.29) is 5.41 Å². The fraction of sp³-hybridized carbons (Fsp3) is 0.0323. The van der Waals surface area contributed by atoms with Crippen LogP contribution >= 0.6 is 0 Å². The number of benzene rings is 10. The molecule has 2 nitrogen and oxygen atoms in total. The number of anilines is 3. The first kappa shape index (κ1) is 37.6. The topological polar surface area (TPSA) is 16.4 Å². The molecule has 10 aromatic carbocycles. The summed E-state index contributed by atoms with van der Waals surface area (Å²) < 4.78 is 6.33. The fourth-order valence-corrected chi connectivity index (χ4v) is 10.3. The van der Waals surface area contributed by atoms with Gasteiger partial charge in [0, 0.05) is 33.0 Å². The molecule has 0 amide bonds. The van der Waals surface area contributed by atoms with Crippen molar-refractivity contribution < 1.29 is 4.42 Å². The Labute approximate surface area is 374 Å². The first-order valence-corrected chi connectivity index (χ1v) is 22.1. The average Bonchev–Trinajstić information content (AvgIpc) is 3.88. The van der Waals surface area contributed by atoms with E-state index < -0.39 is 0 Å².